The molecule has 1 aromatic heterocycles. The molecule has 3 aromatic rings. The number of ether oxygens (including phenoxy) is 2. The van der Waals surface area contributed by atoms with Gasteiger partial charge >= 0.3 is 0 Å². The third kappa shape index (κ3) is 4.26. The standard InChI is InChI=1S/C18H21N5O2/c1-13-5-4-6-15(9-13)12-25-16-8-7-14(10-17(16)24-3)11-19-18-20-21-22-23(18)2/h4-10H,11-12H2,1-3H3,(H,19,20,22). The smallest absolute Gasteiger partial charge is 0.242 e. The van der Waals surface area contributed by atoms with E-state index in [0.717, 1.165) is 11.1 Å². The number of anilines is 1. The number of methoxy groups -OCH3 is 1. The predicted octanol–water partition coefficient (Wildman–Crippen LogP) is 2.72. The Labute approximate surface area is 146 Å². The molecule has 0 radical (unpaired) electrons. The molecule has 0 bridgehead atoms. The summed E-state index contributed by atoms with van der Waals surface area (Å²) in [6, 6.07) is 14.1. The second-order valence-electron chi connectivity index (χ2n) is 5.74. The topological polar surface area (TPSA) is 74.1 Å². The first kappa shape index (κ1) is 16.8. The average molecular weight is 339 g/mol. The third-order valence-electron chi connectivity index (χ3n) is 3.78. The fourth-order valence-electron chi connectivity index (χ4n) is 2.46. The highest BCUT2D eigenvalue weighted by Crippen LogP contribution is 2.29. The van der Waals surface area contributed by atoms with E-state index >= 15 is 0 Å². The molecule has 3 rings (SSSR count). The van der Waals surface area contributed by atoms with Crippen molar-refractivity contribution in [2.24, 2.45) is 7.05 Å². The van der Waals surface area contributed by atoms with Crippen LogP contribution in [0, 0.1) is 6.92 Å². The van der Waals surface area contributed by atoms with E-state index in [0.29, 0.717) is 30.6 Å². The molecule has 1 heterocycles. The van der Waals surface area contributed by atoms with E-state index in [-0.39, 0.29) is 0 Å². The van der Waals surface area contributed by atoms with Gasteiger partial charge < -0.3 is 14.8 Å². The minimum Gasteiger partial charge on any atom is -0.493 e. The first-order valence-electron chi connectivity index (χ1n) is 7.97. The van der Waals surface area contributed by atoms with Gasteiger partial charge in [-0.2, -0.15) is 0 Å². The van der Waals surface area contributed by atoms with Crippen molar-refractivity contribution in [3.63, 3.8) is 0 Å². The highest BCUT2D eigenvalue weighted by atomic mass is 16.5. The quantitative estimate of drug-likeness (QED) is 0.713. The molecule has 0 unspecified atom stereocenters. The second-order valence-corrected chi connectivity index (χ2v) is 5.74. The van der Waals surface area contributed by atoms with Crippen molar-refractivity contribution in [1.29, 1.82) is 0 Å². The van der Waals surface area contributed by atoms with Crippen molar-refractivity contribution in [2.45, 2.75) is 20.1 Å². The first-order valence-corrected chi connectivity index (χ1v) is 7.97. The summed E-state index contributed by atoms with van der Waals surface area (Å²) in [6.45, 7) is 3.15. The lowest BCUT2D eigenvalue weighted by molar-refractivity contribution is 0.284. The van der Waals surface area contributed by atoms with Crippen LogP contribution in [0.15, 0.2) is 42.5 Å². The maximum Gasteiger partial charge on any atom is 0.242 e. The second kappa shape index (κ2) is 7.65. The fourth-order valence-corrected chi connectivity index (χ4v) is 2.46. The molecular weight excluding hydrogens is 318 g/mol. The van der Waals surface area contributed by atoms with Gasteiger partial charge in [-0.25, -0.2) is 4.68 Å². The van der Waals surface area contributed by atoms with Gasteiger partial charge in [0.25, 0.3) is 0 Å². The molecule has 0 saturated carbocycles. The Kier molecular flexibility index (Phi) is 5.13. The molecule has 0 aliphatic heterocycles. The molecule has 0 atom stereocenters. The van der Waals surface area contributed by atoms with Crippen LogP contribution in [0.25, 0.3) is 0 Å². The molecule has 0 saturated heterocycles. The molecule has 25 heavy (non-hydrogen) atoms. The summed E-state index contributed by atoms with van der Waals surface area (Å²) in [5.74, 6) is 2.02. The van der Waals surface area contributed by atoms with Crippen LogP contribution in [0.5, 0.6) is 11.5 Å². The lowest BCUT2D eigenvalue weighted by atomic mass is 10.1. The summed E-state index contributed by atoms with van der Waals surface area (Å²) in [4.78, 5) is 0. The van der Waals surface area contributed by atoms with E-state index in [4.69, 9.17) is 9.47 Å². The van der Waals surface area contributed by atoms with E-state index in [9.17, 15) is 0 Å². The van der Waals surface area contributed by atoms with Crippen LogP contribution in [0.2, 0.25) is 0 Å². The largest absolute Gasteiger partial charge is 0.493 e. The van der Waals surface area contributed by atoms with Gasteiger partial charge in [0, 0.05) is 13.6 Å². The van der Waals surface area contributed by atoms with Crippen LogP contribution in [0.4, 0.5) is 5.95 Å². The lowest BCUT2D eigenvalue weighted by Crippen LogP contribution is -2.06. The number of hydrogen-bond acceptors (Lipinski definition) is 6. The van der Waals surface area contributed by atoms with Crippen LogP contribution in [0.3, 0.4) is 0 Å². The number of benzene rings is 2. The average Bonchev–Trinajstić information content (AvgIpc) is 3.03. The zero-order valence-electron chi connectivity index (χ0n) is 14.6. The molecule has 0 fully saturated rings. The molecule has 2 aromatic carbocycles. The van der Waals surface area contributed by atoms with E-state index in [1.54, 1.807) is 18.8 Å². The third-order valence-corrected chi connectivity index (χ3v) is 3.78. The molecule has 7 nitrogen and oxygen atoms in total. The number of aromatic nitrogens is 4. The van der Waals surface area contributed by atoms with E-state index in [2.05, 4.69) is 39.9 Å². The van der Waals surface area contributed by atoms with Gasteiger partial charge in [0.05, 0.1) is 7.11 Å². The van der Waals surface area contributed by atoms with Crippen molar-refractivity contribution in [3.8, 4) is 11.5 Å². The van der Waals surface area contributed by atoms with Gasteiger partial charge in [0.1, 0.15) is 6.61 Å². The van der Waals surface area contributed by atoms with Crippen molar-refractivity contribution < 1.29 is 9.47 Å². The van der Waals surface area contributed by atoms with Crippen LogP contribution in [0.1, 0.15) is 16.7 Å². The lowest BCUT2D eigenvalue weighted by Gasteiger charge is -2.13. The van der Waals surface area contributed by atoms with Crippen molar-refractivity contribution >= 4 is 5.95 Å². The number of nitrogens with one attached hydrogen (secondary N) is 1. The Bertz CT molecular complexity index is 847. The Morgan fingerprint density at radius 3 is 2.68 bits per heavy atom. The zero-order valence-corrected chi connectivity index (χ0v) is 14.6. The molecule has 7 heteroatoms. The Balaban J connectivity index is 1.65. The zero-order chi connectivity index (χ0) is 17.6. The molecule has 0 aliphatic rings. The van der Waals surface area contributed by atoms with E-state index in [1.165, 1.54) is 5.56 Å². The van der Waals surface area contributed by atoms with Gasteiger partial charge in [0.15, 0.2) is 11.5 Å². The monoisotopic (exact) mass is 339 g/mol. The highest BCUT2D eigenvalue weighted by molar-refractivity contribution is 5.44. The number of aryl methyl sites for hydroxylation is 2. The van der Waals surface area contributed by atoms with Gasteiger partial charge in [-0.15, -0.1) is 0 Å². The van der Waals surface area contributed by atoms with Crippen molar-refractivity contribution in [1.82, 2.24) is 20.2 Å². The van der Waals surface area contributed by atoms with Crippen molar-refractivity contribution in [3.05, 3.63) is 59.2 Å². The van der Waals surface area contributed by atoms with Crippen molar-refractivity contribution in [2.75, 3.05) is 12.4 Å². The fraction of sp³-hybridized carbons (Fsp3) is 0.278. The minimum atomic E-state index is 0.500. The normalized spacial score (nSPS) is 10.5. The molecule has 130 valence electrons. The van der Waals surface area contributed by atoms with Gasteiger partial charge in [-0.1, -0.05) is 41.0 Å². The van der Waals surface area contributed by atoms with E-state index < -0.39 is 0 Å². The summed E-state index contributed by atoms with van der Waals surface area (Å²) >= 11 is 0. The Morgan fingerprint density at radius 2 is 1.96 bits per heavy atom. The summed E-state index contributed by atoms with van der Waals surface area (Å²) in [6.07, 6.45) is 0. The first-order chi connectivity index (χ1) is 12.2. The molecule has 0 spiro atoms. The number of hydrogen-bond donors (Lipinski definition) is 1. The Morgan fingerprint density at radius 1 is 1.08 bits per heavy atom. The van der Waals surface area contributed by atoms with Crippen LogP contribution in [-0.2, 0) is 20.2 Å². The van der Waals surface area contributed by atoms with Crippen LogP contribution < -0.4 is 14.8 Å². The molecular formula is C18H21N5O2. The van der Waals surface area contributed by atoms with E-state index in [1.807, 2.05) is 30.3 Å². The molecule has 0 aliphatic carbocycles. The minimum absolute atomic E-state index is 0.500. The Hall–Kier alpha value is -3.09. The maximum atomic E-state index is 5.91. The highest BCUT2D eigenvalue weighted by Gasteiger charge is 2.08. The summed E-state index contributed by atoms with van der Waals surface area (Å²) in [5.41, 5.74) is 3.39. The predicted molar refractivity (Wildman–Crippen MR) is 94.6 cm³/mol. The van der Waals surface area contributed by atoms with Gasteiger partial charge in [-0.3, -0.25) is 0 Å². The molecule has 1 N–H and O–H groups in total. The van der Waals surface area contributed by atoms with Crippen LogP contribution in [-0.4, -0.2) is 27.3 Å². The van der Waals surface area contributed by atoms with Gasteiger partial charge in [-0.05, 0) is 40.6 Å². The molecule has 0 amide bonds. The van der Waals surface area contributed by atoms with Gasteiger partial charge in [0.2, 0.25) is 5.95 Å². The number of nitrogens with zero attached hydrogens (tertiary/aromatic N) is 4. The van der Waals surface area contributed by atoms with Crippen LogP contribution >= 0.6 is 0 Å². The maximum absolute atomic E-state index is 5.91. The number of tetrazole rings is 1. The summed E-state index contributed by atoms with van der Waals surface area (Å²) in [7, 11) is 3.42. The number of rotatable bonds is 7. The summed E-state index contributed by atoms with van der Waals surface area (Å²) < 4.78 is 13.0. The summed E-state index contributed by atoms with van der Waals surface area (Å²) in [5, 5.41) is 14.5. The SMILES string of the molecule is COc1cc(CNc2nnnn2C)ccc1OCc1cccc(C)c1.